The average molecular weight is 270 g/mol. The molecule has 0 spiro atoms. The summed E-state index contributed by atoms with van der Waals surface area (Å²) < 4.78 is 0. The smallest absolute Gasteiger partial charge is 0.220 e. The summed E-state index contributed by atoms with van der Waals surface area (Å²) in [5.41, 5.74) is 0. The number of aliphatic hydroxyl groups is 1. The molecule has 0 radical (unpaired) electrons. The van der Waals surface area contributed by atoms with Crippen molar-refractivity contribution in [2.75, 3.05) is 19.6 Å². The van der Waals surface area contributed by atoms with Crippen LogP contribution in [0.15, 0.2) is 17.5 Å². The van der Waals surface area contributed by atoms with Crippen LogP contribution in [0.4, 0.5) is 0 Å². The van der Waals surface area contributed by atoms with Crippen LogP contribution in [0.2, 0.25) is 0 Å². The highest BCUT2D eigenvalue weighted by Crippen LogP contribution is 2.11. The van der Waals surface area contributed by atoms with Crippen molar-refractivity contribution in [1.82, 2.24) is 10.6 Å². The number of carbonyl (C=O) groups is 1. The van der Waals surface area contributed by atoms with E-state index in [-0.39, 0.29) is 12.0 Å². The van der Waals surface area contributed by atoms with Crippen LogP contribution in [-0.4, -0.2) is 36.8 Å². The molecule has 1 aromatic rings. The fourth-order valence-corrected chi connectivity index (χ4v) is 2.32. The van der Waals surface area contributed by atoms with E-state index in [1.54, 1.807) is 18.3 Å². The third kappa shape index (κ3) is 7.42. The highest BCUT2D eigenvalue weighted by molar-refractivity contribution is 7.09. The largest absolute Gasteiger partial charge is 0.392 e. The summed E-state index contributed by atoms with van der Waals surface area (Å²) in [5.74, 6) is 0.102. The monoisotopic (exact) mass is 270 g/mol. The molecule has 18 heavy (non-hydrogen) atoms. The van der Waals surface area contributed by atoms with Gasteiger partial charge in [0.2, 0.25) is 5.91 Å². The Kier molecular flexibility index (Phi) is 7.64. The van der Waals surface area contributed by atoms with Crippen LogP contribution in [0.5, 0.6) is 0 Å². The number of amides is 1. The highest BCUT2D eigenvalue weighted by Gasteiger charge is 2.01. The number of hydrogen-bond acceptors (Lipinski definition) is 4. The molecule has 0 saturated carbocycles. The minimum Gasteiger partial charge on any atom is -0.392 e. The summed E-state index contributed by atoms with van der Waals surface area (Å²) in [4.78, 5) is 12.8. The first kappa shape index (κ1) is 15.1. The number of hydrogen-bond donors (Lipinski definition) is 3. The molecule has 1 amide bonds. The molecule has 0 aliphatic heterocycles. The second-order valence-corrected chi connectivity index (χ2v) is 5.37. The normalized spacial score (nSPS) is 12.3. The lowest BCUT2D eigenvalue weighted by atomic mass is 10.2. The zero-order valence-electron chi connectivity index (χ0n) is 10.8. The van der Waals surface area contributed by atoms with Gasteiger partial charge in [-0.1, -0.05) is 6.07 Å². The topological polar surface area (TPSA) is 61.4 Å². The van der Waals surface area contributed by atoms with E-state index in [0.717, 1.165) is 12.8 Å². The SMILES string of the molecule is CC(O)CNCCNC(=O)CCCc1cccs1. The van der Waals surface area contributed by atoms with E-state index in [9.17, 15) is 4.79 Å². The molecule has 0 aromatic carbocycles. The van der Waals surface area contributed by atoms with Gasteiger partial charge in [0.25, 0.3) is 0 Å². The van der Waals surface area contributed by atoms with Crippen molar-refractivity contribution in [2.45, 2.75) is 32.3 Å². The van der Waals surface area contributed by atoms with E-state index in [2.05, 4.69) is 22.1 Å². The molecule has 0 fully saturated rings. The van der Waals surface area contributed by atoms with Crippen molar-refractivity contribution in [1.29, 1.82) is 0 Å². The highest BCUT2D eigenvalue weighted by atomic mass is 32.1. The van der Waals surface area contributed by atoms with Crippen LogP contribution in [0.1, 0.15) is 24.6 Å². The maximum atomic E-state index is 11.5. The quantitative estimate of drug-likeness (QED) is 0.590. The van der Waals surface area contributed by atoms with Crippen LogP contribution < -0.4 is 10.6 Å². The number of carbonyl (C=O) groups excluding carboxylic acids is 1. The third-order valence-corrected chi connectivity index (χ3v) is 3.41. The lowest BCUT2D eigenvalue weighted by Gasteiger charge is -2.08. The van der Waals surface area contributed by atoms with Crippen molar-refractivity contribution in [2.24, 2.45) is 0 Å². The molecular formula is C13H22N2O2S. The zero-order chi connectivity index (χ0) is 13.2. The predicted molar refractivity (Wildman–Crippen MR) is 74.8 cm³/mol. The van der Waals surface area contributed by atoms with Crippen molar-refractivity contribution >= 4 is 17.2 Å². The Bertz CT molecular complexity index is 326. The summed E-state index contributed by atoms with van der Waals surface area (Å²) in [6, 6.07) is 4.14. The zero-order valence-corrected chi connectivity index (χ0v) is 11.6. The van der Waals surface area contributed by atoms with Crippen LogP contribution >= 0.6 is 11.3 Å². The first-order valence-corrected chi connectivity index (χ1v) is 7.24. The average Bonchev–Trinajstić information content (AvgIpc) is 2.81. The van der Waals surface area contributed by atoms with Crippen LogP contribution in [0.3, 0.4) is 0 Å². The second kappa shape index (κ2) is 9.08. The summed E-state index contributed by atoms with van der Waals surface area (Å²) in [7, 11) is 0. The van der Waals surface area contributed by atoms with E-state index in [1.807, 2.05) is 6.07 Å². The van der Waals surface area contributed by atoms with E-state index in [1.165, 1.54) is 4.88 Å². The Balaban J connectivity index is 1.94. The standard InChI is InChI=1S/C13H22N2O2S/c1-11(16)10-14-7-8-15-13(17)6-2-4-12-5-3-9-18-12/h3,5,9,11,14,16H,2,4,6-8,10H2,1H3,(H,15,17). The summed E-state index contributed by atoms with van der Waals surface area (Å²) >= 11 is 1.74. The van der Waals surface area contributed by atoms with Gasteiger partial charge in [-0.25, -0.2) is 0 Å². The molecule has 102 valence electrons. The van der Waals surface area contributed by atoms with Crippen LogP contribution in [0, 0.1) is 0 Å². The molecule has 1 aromatic heterocycles. The fourth-order valence-electron chi connectivity index (χ4n) is 1.57. The number of thiophene rings is 1. The van der Waals surface area contributed by atoms with Gasteiger partial charge in [-0.15, -0.1) is 11.3 Å². The maximum Gasteiger partial charge on any atom is 0.220 e. The lowest BCUT2D eigenvalue weighted by Crippen LogP contribution is -2.34. The Morgan fingerprint density at radius 2 is 2.33 bits per heavy atom. The number of nitrogens with one attached hydrogen (secondary N) is 2. The van der Waals surface area contributed by atoms with Gasteiger partial charge in [-0.3, -0.25) is 4.79 Å². The Morgan fingerprint density at radius 3 is 3.00 bits per heavy atom. The molecule has 0 saturated heterocycles. The van der Waals surface area contributed by atoms with Crippen molar-refractivity contribution in [3.63, 3.8) is 0 Å². The van der Waals surface area contributed by atoms with Crippen LogP contribution in [-0.2, 0) is 11.2 Å². The summed E-state index contributed by atoms with van der Waals surface area (Å²) in [6.45, 7) is 3.61. The molecule has 1 heterocycles. The van der Waals surface area contributed by atoms with Gasteiger partial charge in [0.05, 0.1) is 6.10 Å². The third-order valence-electron chi connectivity index (χ3n) is 2.47. The number of aryl methyl sites for hydroxylation is 1. The first-order chi connectivity index (χ1) is 8.68. The van der Waals surface area contributed by atoms with Gasteiger partial charge in [-0.05, 0) is 31.2 Å². The molecule has 4 nitrogen and oxygen atoms in total. The van der Waals surface area contributed by atoms with Gasteiger partial charge in [0, 0.05) is 30.9 Å². The molecule has 1 unspecified atom stereocenters. The Morgan fingerprint density at radius 1 is 1.50 bits per heavy atom. The predicted octanol–water partition coefficient (Wildman–Crippen LogP) is 1.16. The first-order valence-electron chi connectivity index (χ1n) is 6.36. The van der Waals surface area contributed by atoms with Crippen molar-refractivity contribution in [3.8, 4) is 0 Å². The molecule has 5 heteroatoms. The van der Waals surface area contributed by atoms with Gasteiger partial charge >= 0.3 is 0 Å². The van der Waals surface area contributed by atoms with E-state index in [4.69, 9.17) is 5.11 Å². The molecule has 0 aliphatic carbocycles. The Hall–Kier alpha value is -0.910. The molecular weight excluding hydrogens is 248 g/mol. The van der Waals surface area contributed by atoms with E-state index >= 15 is 0 Å². The Labute approximate surface area is 112 Å². The van der Waals surface area contributed by atoms with Gasteiger partial charge < -0.3 is 15.7 Å². The molecule has 1 rings (SSSR count). The van der Waals surface area contributed by atoms with Gasteiger partial charge in [-0.2, -0.15) is 0 Å². The number of aliphatic hydroxyl groups excluding tert-OH is 1. The summed E-state index contributed by atoms with van der Waals surface area (Å²) in [6.07, 6.45) is 2.11. The van der Waals surface area contributed by atoms with E-state index < -0.39 is 0 Å². The fraction of sp³-hybridized carbons (Fsp3) is 0.615. The number of rotatable bonds is 9. The lowest BCUT2D eigenvalue weighted by molar-refractivity contribution is -0.121. The van der Waals surface area contributed by atoms with E-state index in [0.29, 0.717) is 26.1 Å². The minimum atomic E-state index is -0.341. The maximum absolute atomic E-state index is 11.5. The molecule has 0 aliphatic rings. The molecule has 1 atom stereocenters. The van der Waals surface area contributed by atoms with Gasteiger partial charge in [0.1, 0.15) is 0 Å². The van der Waals surface area contributed by atoms with Gasteiger partial charge in [0.15, 0.2) is 0 Å². The van der Waals surface area contributed by atoms with Crippen molar-refractivity contribution in [3.05, 3.63) is 22.4 Å². The molecule has 3 N–H and O–H groups in total. The second-order valence-electron chi connectivity index (χ2n) is 4.34. The van der Waals surface area contributed by atoms with Crippen molar-refractivity contribution < 1.29 is 9.90 Å². The van der Waals surface area contributed by atoms with Crippen LogP contribution in [0.25, 0.3) is 0 Å². The molecule has 0 bridgehead atoms. The summed E-state index contributed by atoms with van der Waals surface area (Å²) in [5, 5.41) is 17.0. The minimum absolute atomic E-state index is 0.102.